The molecule has 2 heterocycles. The Labute approximate surface area is 183 Å². The van der Waals surface area contributed by atoms with Gasteiger partial charge in [-0.1, -0.05) is 48.5 Å². The van der Waals surface area contributed by atoms with Gasteiger partial charge in [-0.05, 0) is 49.0 Å². The Hall–Kier alpha value is -3.12. The summed E-state index contributed by atoms with van der Waals surface area (Å²) in [6.45, 7) is 2.51. The molecule has 2 aliphatic rings. The summed E-state index contributed by atoms with van der Waals surface area (Å²) in [5.74, 6) is -0.310. The molecule has 0 saturated carbocycles. The molecule has 31 heavy (non-hydrogen) atoms. The van der Waals surface area contributed by atoms with E-state index in [-0.39, 0.29) is 11.4 Å². The standard InChI is InChI=1S/C25H29N3O3/c29-23(26-31)13-12-21-9-4-5-10-22(21)27-18-16-25(19-27)15-6-17-28(25)24(30)14-11-20-7-2-1-3-8-20/h1-5,7-10,12-13,31H,6,11,14-19H2,(H,26,29)/b13-12+. The summed E-state index contributed by atoms with van der Waals surface area (Å²) in [5.41, 5.74) is 4.68. The predicted octanol–water partition coefficient (Wildman–Crippen LogP) is 3.41. The SMILES string of the molecule is O=C(/C=C/c1ccccc1N1CCC2(CCCN2C(=O)CCc2ccccc2)C1)NO. The van der Waals surface area contributed by atoms with Crippen molar-refractivity contribution < 1.29 is 14.8 Å². The van der Waals surface area contributed by atoms with Crippen LogP contribution in [0, 0.1) is 0 Å². The highest BCUT2D eigenvalue weighted by Gasteiger charge is 2.48. The minimum Gasteiger partial charge on any atom is -0.369 e. The summed E-state index contributed by atoms with van der Waals surface area (Å²) >= 11 is 0. The van der Waals surface area contributed by atoms with E-state index < -0.39 is 5.91 Å². The third kappa shape index (κ3) is 4.64. The molecule has 1 atom stereocenters. The zero-order chi connectivity index (χ0) is 21.7. The molecular formula is C25H29N3O3. The lowest BCUT2D eigenvalue weighted by atomic mass is 9.94. The Morgan fingerprint density at radius 3 is 2.61 bits per heavy atom. The Morgan fingerprint density at radius 2 is 1.81 bits per heavy atom. The van der Waals surface area contributed by atoms with Gasteiger partial charge in [-0.2, -0.15) is 0 Å². The fourth-order valence-corrected chi connectivity index (χ4v) is 4.96. The van der Waals surface area contributed by atoms with Crippen LogP contribution in [0.4, 0.5) is 5.69 Å². The lowest BCUT2D eigenvalue weighted by Gasteiger charge is -2.35. The molecule has 0 bridgehead atoms. The summed E-state index contributed by atoms with van der Waals surface area (Å²) < 4.78 is 0. The van der Waals surface area contributed by atoms with Crippen molar-refractivity contribution in [1.82, 2.24) is 10.4 Å². The van der Waals surface area contributed by atoms with E-state index in [2.05, 4.69) is 21.9 Å². The van der Waals surface area contributed by atoms with E-state index in [1.807, 2.05) is 42.5 Å². The molecule has 2 aromatic rings. The first-order chi connectivity index (χ1) is 15.1. The maximum Gasteiger partial charge on any atom is 0.267 e. The molecule has 2 amide bonds. The van der Waals surface area contributed by atoms with Gasteiger partial charge in [-0.3, -0.25) is 14.8 Å². The number of aryl methyl sites for hydroxylation is 1. The van der Waals surface area contributed by atoms with Crippen molar-refractivity contribution in [3.05, 3.63) is 71.8 Å². The molecule has 0 aliphatic carbocycles. The van der Waals surface area contributed by atoms with Gasteiger partial charge in [0.1, 0.15) is 0 Å². The molecule has 2 N–H and O–H groups in total. The van der Waals surface area contributed by atoms with Crippen LogP contribution in [0.3, 0.4) is 0 Å². The Balaban J connectivity index is 1.46. The van der Waals surface area contributed by atoms with E-state index in [9.17, 15) is 9.59 Å². The van der Waals surface area contributed by atoms with Gasteiger partial charge < -0.3 is 9.80 Å². The number of para-hydroxylation sites is 1. The van der Waals surface area contributed by atoms with Crippen LogP contribution in [0.5, 0.6) is 0 Å². The van der Waals surface area contributed by atoms with Crippen LogP contribution in [0.1, 0.15) is 36.8 Å². The van der Waals surface area contributed by atoms with Gasteiger partial charge >= 0.3 is 0 Å². The van der Waals surface area contributed by atoms with Crippen LogP contribution >= 0.6 is 0 Å². The number of hydrogen-bond donors (Lipinski definition) is 2. The highest BCUT2D eigenvalue weighted by atomic mass is 16.5. The molecule has 2 saturated heterocycles. The first kappa shape index (κ1) is 21.1. The highest BCUT2D eigenvalue weighted by molar-refractivity contribution is 5.92. The summed E-state index contributed by atoms with van der Waals surface area (Å²) in [7, 11) is 0. The number of hydroxylamine groups is 1. The molecule has 4 rings (SSSR count). The van der Waals surface area contributed by atoms with Crippen molar-refractivity contribution >= 4 is 23.6 Å². The molecule has 6 heteroatoms. The molecule has 2 aliphatic heterocycles. The minimum atomic E-state index is -0.557. The van der Waals surface area contributed by atoms with Crippen molar-refractivity contribution in [3.63, 3.8) is 0 Å². The van der Waals surface area contributed by atoms with Crippen LogP contribution < -0.4 is 10.4 Å². The molecule has 0 aromatic heterocycles. The fourth-order valence-electron chi connectivity index (χ4n) is 4.96. The zero-order valence-electron chi connectivity index (χ0n) is 17.7. The zero-order valence-corrected chi connectivity index (χ0v) is 17.7. The Morgan fingerprint density at radius 1 is 1.03 bits per heavy atom. The third-order valence-corrected chi connectivity index (χ3v) is 6.50. The highest BCUT2D eigenvalue weighted by Crippen LogP contribution is 2.40. The monoisotopic (exact) mass is 419 g/mol. The molecule has 6 nitrogen and oxygen atoms in total. The summed E-state index contributed by atoms with van der Waals surface area (Å²) in [6, 6.07) is 18.1. The fraction of sp³-hybridized carbons (Fsp3) is 0.360. The first-order valence-corrected chi connectivity index (χ1v) is 10.9. The average molecular weight is 420 g/mol. The number of carbonyl (C=O) groups is 2. The first-order valence-electron chi connectivity index (χ1n) is 10.9. The van der Waals surface area contributed by atoms with Gasteiger partial charge in [-0.25, -0.2) is 5.48 Å². The number of rotatable bonds is 6. The van der Waals surface area contributed by atoms with Gasteiger partial charge in [0.2, 0.25) is 5.91 Å². The van der Waals surface area contributed by atoms with Crippen molar-refractivity contribution in [1.29, 1.82) is 0 Å². The lowest BCUT2D eigenvalue weighted by Crippen LogP contribution is -2.49. The number of nitrogens with one attached hydrogen (secondary N) is 1. The molecule has 1 spiro atoms. The van der Waals surface area contributed by atoms with E-state index in [1.165, 1.54) is 11.6 Å². The third-order valence-electron chi connectivity index (χ3n) is 6.50. The lowest BCUT2D eigenvalue weighted by molar-refractivity contribution is -0.134. The van der Waals surface area contributed by atoms with E-state index >= 15 is 0 Å². The smallest absolute Gasteiger partial charge is 0.267 e. The van der Waals surface area contributed by atoms with Crippen molar-refractivity contribution in [2.45, 2.75) is 37.6 Å². The number of hydrogen-bond acceptors (Lipinski definition) is 4. The second-order valence-corrected chi connectivity index (χ2v) is 8.40. The van der Waals surface area contributed by atoms with Crippen LogP contribution in [0.15, 0.2) is 60.7 Å². The van der Waals surface area contributed by atoms with Gasteiger partial charge in [0.15, 0.2) is 0 Å². The average Bonchev–Trinajstić information content (AvgIpc) is 3.43. The van der Waals surface area contributed by atoms with Crippen LogP contribution in [0.25, 0.3) is 6.08 Å². The summed E-state index contributed by atoms with van der Waals surface area (Å²) in [6.07, 6.45) is 7.38. The quantitative estimate of drug-likeness (QED) is 0.428. The number of carbonyl (C=O) groups excluding carboxylic acids is 2. The number of anilines is 1. The van der Waals surface area contributed by atoms with E-state index in [4.69, 9.17) is 5.21 Å². The van der Waals surface area contributed by atoms with Crippen LogP contribution in [-0.4, -0.2) is 47.1 Å². The summed E-state index contributed by atoms with van der Waals surface area (Å²) in [4.78, 5) is 29.0. The molecule has 2 aromatic carbocycles. The normalized spacial score (nSPS) is 20.7. The summed E-state index contributed by atoms with van der Waals surface area (Å²) in [5, 5.41) is 8.73. The number of nitrogens with zero attached hydrogens (tertiary/aromatic N) is 2. The molecule has 2 fully saturated rings. The van der Waals surface area contributed by atoms with E-state index in [1.54, 1.807) is 11.6 Å². The topological polar surface area (TPSA) is 72.9 Å². The van der Waals surface area contributed by atoms with Crippen molar-refractivity contribution in [3.8, 4) is 0 Å². The van der Waals surface area contributed by atoms with E-state index in [0.29, 0.717) is 6.42 Å². The largest absolute Gasteiger partial charge is 0.369 e. The number of amides is 2. The Kier molecular flexibility index (Phi) is 6.37. The Bertz CT molecular complexity index is 959. The number of benzene rings is 2. The molecule has 1 unspecified atom stereocenters. The second-order valence-electron chi connectivity index (χ2n) is 8.40. The van der Waals surface area contributed by atoms with Crippen molar-refractivity contribution in [2.24, 2.45) is 0 Å². The molecular weight excluding hydrogens is 390 g/mol. The van der Waals surface area contributed by atoms with Gasteiger partial charge in [0.05, 0.1) is 5.54 Å². The van der Waals surface area contributed by atoms with Crippen LogP contribution in [0.2, 0.25) is 0 Å². The number of likely N-dealkylation sites (tertiary alicyclic amines) is 1. The maximum atomic E-state index is 13.1. The molecule has 0 radical (unpaired) electrons. The van der Waals surface area contributed by atoms with Gasteiger partial charge in [0, 0.05) is 37.8 Å². The minimum absolute atomic E-state index is 0.104. The van der Waals surface area contributed by atoms with Gasteiger partial charge in [-0.15, -0.1) is 0 Å². The van der Waals surface area contributed by atoms with Gasteiger partial charge in [0.25, 0.3) is 5.91 Å². The van der Waals surface area contributed by atoms with Crippen LogP contribution in [-0.2, 0) is 16.0 Å². The predicted molar refractivity (Wildman–Crippen MR) is 121 cm³/mol. The van der Waals surface area contributed by atoms with Crippen molar-refractivity contribution in [2.75, 3.05) is 24.5 Å². The van der Waals surface area contributed by atoms with E-state index in [0.717, 1.165) is 56.6 Å². The molecule has 162 valence electrons. The second kappa shape index (κ2) is 9.35. The maximum absolute atomic E-state index is 13.1.